The van der Waals surface area contributed by atoms with E-state index in [9.17, 15) is 43.1 Å². The molecule has 2 aromatic heterocycles. The fourth-order valence-corrected chi connectivity index (χ4v) is 7.30. The molecule has 0 radical (unpaired) electrons. The summed E-state index contributed by atoms with van der Waals surface area (Å²) < 4.78 is 66.7. The second-order valence-electron chi connectivity index (χ2n) is 6.76. The SMILES string of the molecule is Nc1nc2c(ncn2[C@@H]2O[C@H](COP(=O)(O)OP(=O)(O)OP(=O)(O)OP(=O)(O)O)[C@H](O)C2O)c(=O)[nH]1. The first-order valence-electron chi connectivity index (χ1n) is 8.85. The van der Waals surface area contributed by atoms with Gasteiger partial charge in [0.05, 0.1) is 12.9 Å². The van der Waals surface area contributed by atoms with Crippen LogP contribution in [0.1, 0.15) is 6.23 Å². The summed E-state index contributed by atoms with van der Waals surface area (Å²) in [6, 6.07) is 0. The van der Waals surface area contributed by atoms with Gasteiger partial charge in [-0.25, -0.2) is 23.2 Å². The van der Waals surface area contributed by atoms with Crippen molar-refractivity contribution in [2.45, 2.75) is 24.5 Å². The number of rotatable bonds is 10. The summed E-state index contributed by atoms with van der Waals surface area (Å²) >= 11 is 0. The van der Waals surface area contributed by atoms with Gasteiger partial charge in [-0.2, -0.15) is 17.9 Å². The van der Waals surface area contributed by atoms with Crippen LogP contribution in [0.3, 0.4) is 0 Å². The summed E-state index contributed by atoms with van der Waals surface area (Å²) in [5.74, 6) is -0.310. The van der Waals surface area contributed by atoms with Crippen molar-refractivity contribution in [1.29, 1.82) is 0 Å². The Morgan fingerprint density at radius 1 is 1.00 bits per heavy atom. The summed E-state index contributed by atoms with van der Waals surface area (Å²) in [5, 5.41) is 20.5. The predicted octanol–water partition coefficient (Wildman–Crippen LogP) is -2.22. The van der Waals surface area contributed by atoms with Crippen LogP contribution in [-0.2, 0) is 40.5 Å². The van der Waals surface area contributed by atoms with Crippen LogP contribution >= 0.6 is 31.3 Å². The molecule has 0 saturated carbocycles. The molecule has 0 bridgehead atoms. The lowest BCUT2D eigenvalue weighted by Crippen LogP contribution is -2.33. The standard InChI is InChI=1S/C10H17N5O17P4/c11-10-13-7-4(8(18)14-10)12-2-15(7)9-6(17)5(16)3(29-9)1-28-34(22,23)31-36(26,27)32-35(24,25)30-33(19,20)21/h2-3,5-6,9,16-17H,1H2,(H,22,23)(H,24,25)(H,26,27)(H2,19,20,21)(H3,11,13,14,18)/t3-,5+,6?,9-/m1/s1. The Morgan fingerprint density at radius 2 is 1.58 bits per heavy atom. The lowest BCUT2D eigenvalue weighted by atomic mass is 10.1. The van der Waals surface area contributed by atoms with Gasteiger partial charge in [-0.15, -0.1) is 0 Å². The zero-order chi connectivity index (χ0) is 27.3. The van der Waals surface area contributed by atoms with E-state index in [0.717, 1.165) is 10.9 Å². The van der Waals surface area contributed by atoms with Crippen LogP contribution in [0.15, 0.2) is 11.1 Å². The van der Waals surface area contributed by atoms with Crippen molar-refractivity contribution in [2.24, 2.45) is 0 Å². The third kappa shape index (κ3) is 7.12. The van der Waals surface area contributed by atoms with Crippen molar-refractivity contribution in [3.05, 3.63) is 16.7 Å². The number of nitrogens with zero attached hydrogens (tertiary/aromatic N) is 3. The minimum atomic E-state index is -6.04. The van der Waals surface area contributed by atoms with Crippen LogP contribution in [0.5, 0.6) is 0 Å². The van der Waals surface area contributed by atoms with Crippen molar-refractivity contribution < 1.29 is 75.1 Å². The average Bonchev–Trinajstić information content (AvgIpc) is 3.18. The highest BCUT2D eigenvalue weighted by Crippen LogP contribution is 2.70. The van der Waals surface area contributed by atoms with E-state index in [0.29, 0.717) is 0 Å². The lowest BCUT2D eigenvalue weighted by molar-refractivity contribution is -0.0503. The number of ether oxygens (including phenoxy) is 1. The third-order valence-electron chi connectivity index (χ3n) is 4.09. The van der Waals surface area contributed by atoms with Crippen molar-refractivity contribution in [2.75, 3.05) is 12.3 Å². The Hall–Kier alpha value is -1.41. The Kier molecular flexibility index (Phi) is 8.14. The van der Waals surface area contributed by atoms with E-state index in [4.69, 9.17) is 25.2 Å². The maximum absolute atomic E-state index is 12.0. The number of fused-ring (bicyclic) bond motifs is 1. The molecule has 0 aliphatic carbocycles. The van der Waals surface area contributed by atoms with Crippen molar-refractivity contribution in [1.82, 2.24) is 19.5 Å². The van der Waals surface area contributed by atoms with Gasteiger partial charge in [-0.1, -0.05) is 0 Å². The van der Waals surface area contributed by atoms with E-state index in [1.165, 1.54) is 0 Å². The molecular weight excluding hydrogens is 586 g/mol. The summed E-state index contributed by atoms with van der Waals surface area (Å²) in [4.78, 5) is 66.6. The molecule has 4 unspecified atom stereocenters. The molecule has 204 valence electrons. The molecule has 3 heterocycles. The smallest absolute Gasteiger partial charge is 0.387 e. The minimum Gasteiger partial charge on any atom is -0.387 e. The first kappa shape index (κ1) is 29.2. The molecule has 1 saturated heterocycles. The van der Waals surface area contributed by atoms with Gasteiger partial charge >= 0.3 is 31.3 Å². The van der Waals surface area contributed by atoms with Crippen molar-refractivity contribution in [3.8, 4) is 0 Å². The number of nitrogens with two attached hydrogens (primary N) is 1. The summed E-state index contributed by atoms with van der Waals surface area (Å²) in [6.07, 6.45) is -5.66. The number of nitrogens with one attached hydrogen (secondary N) is 1. The zero-order valence-corrected chi connectivity index (χ0v) is 20.6. The van der Waals surface area contributed by atoms with Crippen LogP contribution in [-0.4, -0.2) is 79.1 Å². The Morgan fingerprint density at radius 3 is 2.19 bits per heavy atom. The fraction of sp³-hybridized carbons (Fsp3) is 0.500. The van der Waals surface area contributed by atoms with Gasteiger partial charge < -0.3 is 45.2 Å². The van der Waals surface area contributed by atoms with Gasteiger partial charge in [0.2, 0.25) is 5.95 Å². The lowest BCUT2D eigenvalue weighted by Gasteiger charge is -2.20. The normalized spacial score (nSPS) is 28.0. The Bertz CT molecular complexity index is 1390. The number of hydrogen-bond donors (Lipinski definition) is 9. The van der Waals surface area contributed by atoms with Crippen LogP contribution < -0.4 is 11.3 Å². The molecule has 1 aliphatic heterocycles. The summed E-state index contributed by atoms with van der Waals surface area (Å²) in [6.45, 7) is -1.11. The number of phosphoric ester groups is 1. The largest absolute Gasteiger partial charge is 0.490 e. The number of aliphatic hydroxyl groups is 2. The molecule has 10 N–H and O–H groups in total. The summed E-state index contributed by atoms with van der Waals surface area (Å²) in [7, 11) is -23.4. The highest BCUT2D eigenvalue weighted by Gasteiger charge is 2.48. The second kappa shape index (κ2) is 10.0. The van der Waals surface area contributed by atoms with Gasteiger partial charge in [-0.05, 0) is 0 Å². The van der Waals surface area contributed by atoms with E-state index in [-0.39, 0.29) is 17.1 Å². The maximum Gasteiger partial charge on any atom is 0.490 e. The number of imidazole rings is 1. The highest BCUT2D eigenvalue weighted by molar-refractivity contribution is 7.69. The predicted molar refractivity (Wildman–Crippen MR) is 109 cm³/mol. The molecule has 2 aromatic rings. The van der Waals surface area contributed by atoms with E-state index in [1.807, 2.05) is 0 Å². The molecule has 22 nitrogen and oxygen atoms in total. The maximum atomic E-state index is 12.0. The van der Waals surface area contributed by atoms with Crippen molar-refractivity contribution in [3.63, 3.8) is 0 Å². The molecule has 26 heteroatoms. The highest BCUT2D eigenvalue weighted by atomic mass is 31.3. The topological polar surface area (TPSA) is 346 Å². The van der Waals surface area contributed by atoms with E-state index >= 15 is 0 Å². The number of aromatic amines is 1. The molecule has 0 spiro atoms. The van der Waals surface area contributed by atoms with E-state index in [2.05, 4.69) is 32.4 Å². The first-order valence-corrected chi connectivity index (χ1v) is 14.9. The Balaban J connectivity index is 1.68. The van der Waals surface area contributed by atoms with Gasteiger partial charge in [-0.3, -0.25) is 18.9 Å². The number of H-pyrrole nitrogens is 1. The van der Waals surface area contributed by atoms with E-state index < -0.39 is 68.0 Å². The number of nitrogen functional groups attached to an aromatic ring is 1. The molecule has 7 atom stereocenters. The molecule has 0 amide bonds. The van der Waals surface area contributed by atoms with Crippen LogP contribution in [0.2, 0.25) is 0 Å². The van der Waals surface area contributed by atoms with Crippen LogP contribution in [0.4, 0.5) is 5.95 Å². The quantitative estimate of drug-likeness (QED) is 0.130. The second-order valence-corrected chi connectivity index (χ2v) is 12.8. The number of aliphatic hydroxyl groups excluding tert-OH is 2. The van der Waals surface area contributed by atoms with Gasteiger partial charge in [0.25, 0.3) is 5.56 Å². The third-order valence-corrected chi connectivity index (χ3v) is 9.54. The molecular formula is C10H17N5O17P4. The minimum absolute atomic E-state index is 0.158. The number of aromatic nitrogens is 4. The molecule has 3 rings (SSSR count). The number of hydrogen-bond acceptors (Lipinski definition) is 15. The van der Waals surface area contributed by atoms with E-state index in [1.54, 1.807) is 0 Å². The van der Waals surface area contributed by atoms with Crippen molar-refractivity contribution >= 4 is 48.4 Å². The number of phosphoric acid groups is 4. The summed E-state index contributed by atoms with van der Waals surface area (Å²) in [5.41, 5.74) is 4.38. The first-order chi connectivity index (χ1) is 16.3. The molecule has 0 aromatic carbocycles. The average molecular weight is 603 g/mol. The molecule has 1 aliphatic rings. The van der Waals surface area contributed by atoms with Gasteiger partial charge in [0.1, 0.15) is 18.3 Å². The number of anilines is 1. The fourth-order valence-electron chi connectivity index (χ4n) is 2.84. The van der Waals surface area contributed by atoms with Gasteiger partial charge in [0, 0.05) is 0 Å². The molecule has 36 heavy (non-hydrogen) atoms. The van der Waals surface area contributed by atoms with Gasteiger partial charge in [0.15, 0.2) is 17.4 Å². The zero-order valence-electron chi connectivity index (χ0n) is 17.0. The Labute approximate surface area is 197 Å². The van der Waals surface area contributed by atoms with Crippen LogP contribution in [0.25, 0.3) is 11.2 Å². The molecule has 1 fully saturated rings. The monoisotopic (exact) mass is 603 g/mol. The van der Waals surface area contributed by atoms with Crippen LogP contribution in [0, 0.1) is 0 Å².